The van der Waals surface area contributed by atoms with Crippen LogP contribution in [0.1, 0.15) is 20.3 Å². The number of sulfonamides is 1. The van der Waals surface area contributed by atoms with Crippen LogP contribution < -0.4 is 0 Å². The molecule has 1 N–H and O–H groups in total. The van der Waals surface area contributed by atoms with E-state index in [0.717, 1.165) is 11.4 Å². The third-order valence-corrected chi connectivity index (χ3v) is 4.51. The molecule has 0 aromatic heterocycles. The number of nitrogens with zero attached hydrogens (tertiary/aromatic N) is 1. The van der Waals surface area contributed by atoms with E-state index in [1.165, 1.54) is 6.92 Å². The number of carboxylic acid groups (broad SMARTS) is 1. The molecule has 7 nitrogen and oxygen atoms in total. The van der Waals surface area contributed by atoms with E-state index in [0.29, 0.717) is 0 Å². The smallest absolute Gasteiger partial charge is 0.325 e. The van der Waals surface area contributed by atoms with E-state index in [2.05, 4.69) is 4.74 Å². The van der Waals surface area contributed by atoms with Crippen LogP contribution in [0.15, 0.2) is 0 Å². The van der Waals surface area contributed by atoms with Gasteiger partial charge in [0.1, 0.15) is 0 Å². The van der Waals surface area contributed by atoms with E-state index in [-0.39, 0.29) is 19.5 Å². The molecule has 0 amide bonds. The summed E-state index contributed by atoms with van der Waals surface area (Å²) in [6, 6.07) is 0. The fourth-order valence-electron chi connectivity index (χ4n) is 1.20. The Bertz CT molecular complexity index is 377. The van der Waals surface area contributed by atoms with E-state index in [4.69, 9.17) is 5.11 Å². The van der Waals surface area contributed by atoms with Crippen molar-refractivity contribution >= 4 is 22.0 Å². The number of carboxylic acids is 1. The molecule has 0 saturated heterocycles. The van der Waals surface area contributed by atoms with Crippen LogP contribution in [0.25, 0.3) is 0 Å². The number of ether oxygens (including phenoxy) is 1. The van der Waals surface area contributed by atoms with Crippen molar-refractivity contribution in [3.05, 3.63) is 0 Å². The number of esters is 1. The first-order chi connectivity index (χ1) is 7.77. The monoisotopic (exact) mass is 267 g/mol. The molecule has 0 aliphatic carbocycles. The summed E-state index contributed by atoms with van der Waals surface area (Å²) in [5, 5.41) is 7.17. The summed E-state index contributed by atoms with van der Waals surface area (Å²) in [4.78, 5) is 21.6. The number of aliphatic carboxylic acids is 1. The van der Waals surface area contributed by atoms with Crippen molar-refractivity contribution in [2.45, 2.75) is 25.5 Å². The van der Waals surface area contributed by atoms with Gasteiger partial charge in [-0.1, -0.05) is 6.92 Å². The number of methoxy groups -OCH3 is 1. The molecule has 1 unspecified atom stereocenters. The molecule has 0 heterocycles. The zero-order chi connectivity index (χ0) is 13.6. The zero-order valence-corrected chi connectivity index (χ0v) is 10.9. The highest BCUT2D eigenvalue weighted by Crippen LogP contribution is 2.10. The number of rotatable bonds is 7. The molecule has 8 heteroatoms. The maximum Gasteiger partial charge on any atom is 0.325 e. The lowest BCUT2D eigenvalue weighted by Gasteiger charge is -2.22. The Morgan fingerprint density at radius 3 is 2.29 bits per heavy atom. The van der Waals surface area contributed by atoms with E-state index in [1.807, 2.05) is 0 Å². The standard InChI is InChI=1S/C9H17NO6S/c1-4-10(6-5-8(11)12)17(14,15)7(2)9(13)16-3/h7H,4-6H2,1-3H3,(H,11,12). The number of carbonyl (C=O) groups is 2. The van der Waals surface area contributed by atoms with Gasteiger partial charge < -0.3 is 9.84 Å². The normalized spacial score (nSPS) is 13.4. The predicted molar refractivity (Wildman–Crippen MR) is 59.9 cm³/mol. The molecule has 0 bridgehead atoms. The number of carbonyl (C=O) groups excluding carboxylic acids is 1. The van der Waals surface area contributed by atoms with Gasteiger partial charge in [-0.2, -0.15) is 0 Å². The van der Waals surface area contributed by atoms with Crippen LogP contribution in [0.5, 0.6) is 0 Å². The van der Waals surface area contributed by atoms with Crippen LogP contribution in [-0.4, -0.2) is 55.2 Å². The predicted octanol–water partition coefficient (Wildman–Crippen LogP) is -0.326. The maximum atomic E-state index is 11.9. The molecular weight excluding hydrogens is 250 g/mol. The van der Waals surface area contributed by atoms with Gasteiger partial charge in [-0.05, 0) is 6.92 Å². The molecule has 0 aromatic carbocycles. The van der Waals surface area contributed by atoms with E-state index in [9.17, 15) is 18.0 Å². The topological polar surface area (TPSA) is 101 Å². The lowest BCUT2D eigenvalue weighted by atomic mass is 10.4. The molecule has 0 aliphatic heterocycles. The molecule has 0 radical (unpaired) electrons. The second-order valence-electron chi connectivity index (χ2n) is 3.35. The Balaban J connectivity index is 4.86. The quantitative estimate of drug-likeness (QED) is 0.634. The number of hydrogen-bond acceptors (Lipinski definition) is 5. The van der Waals surface area contributed by atoms with E-state index < -0.39 is 27.2 Å². The molecule has 1 atom stereocenters. The summed E-state index contributed by atoms with van der Waals surface area (Å²) in [6.45, 7) is 2.74. The van der Waals surface area contributed by atoms with Gasteiger partial charge in [0.15, 0.2) is 5.25 Å². The Kier molecular flexibility index (Phi) is 6.11. The largest absolute Gasteiger partial charge is 0.481 e. The summed E-state index contributed by atoms with van der Waals surface area (Å²) in [6.07, 6.45) is -0.305. The van der Waals surface area contributed by atoms with Crippen molar-refractivity contribution in [1.82, 2.24) is 4.31 Å². The van der Waals surface area contributed by atoms with Gasteiger partial charge >= 0.3 is 11.9 Å². The molecule has 17 heavy (non-hydrogen) atoms. The van der Waals surface area contributed by atoms with Crippen LogP contribution in [0.3, 0.4) is 0 Å². The van der Waals surface area contributed by atoms with Crippen LogP contribution in [0, 0.1) is 0 Å². The molecule has 0 saturated carbocycles. The maximum absolute atomic E-state index is 11.9. The van der Waals surface area contributed by atoms with Crippen molar-refractivity contribution in [3.63, 3.8) is 0 Å². The molecule has 0 aliphatic rings. The molecule has 0 fully saturated rings. The summed E-state index contributed by atoms with van der Waals surface area (Å²) < 4.78 is 29.1. The van der Waals surface area contributed by atoms with Gasteiger partial charge in [-0.25, -0.2) is 12.7 Å². The van der Waals surface area contributed by atoms with Gasteiger partial charge in [0.2, 0.25) is 10.0 Å². The highest BCUT2D eigenvalue weighted by Gasteiger charge is 2.33. The lowest BCUT2D eigenvalue weighted by molar-refractivity contribution is -0.139. The molecule has 0 spiro atoms. The summed E-state index contributed by atoms with van der Waals surface area (Å²) in [5.41, 5.74) is 0. The molecule has 100 valence electrons. The lowest BCUT2D eigenvalue weighted by Crippen LogP contribution is -2.42. The first-order valence-electron chi connectivity index (χ1n) is 5.05. The van der Waals surface area contributed by atoms with Crippen LogP contribution in [0.2, 0.25) is 0 Å². The Hall–Kier alpha value is -1.15. The van der Waals surface area contributed by atoms with Crippen LogP contribution >= 0.6 is 0 Å². The minimum Gasteiger partial charge on any atom is -0.481 e. The minimum absolute atomic E-state index is 0.108. The Morgan fingerprint density at radius 2 is 1.94 bits per heavy atom. The number of hydrogen-bond donors (Lipinski definition) is 1. The van der Waals surface area contributed by atoms with E-state index >= 15 is 0 Å². The van der Waals surface area contributed by atoms with Crippen molar-refractivity contribution in [2.75, 3.05) is 20.2 Å². The van der Waals surface area contributed by atoms with Gasteiger partial charge in [0.05, 0.1) is 13.5 Å². The summed E-state index contributed by atoms with van der Waals surface area (Å²) >= 11 is 0. The highest BCUT2D eigenvalue weighted by atomic mass is 32.2. The fourth-order valence-corrected chi connectivity index (χ4v) is 2.69. The second-order valence-corrected chi connectivity index (χ2v) is 5.60. The average molecular weight is 267 g/mol. The third kappa shape index (κ3) is 4.31. The van der Waals surface area contributed by atoms with Crippen LogP contribution in [-0.2, 0) is 24.3 Å². The van der Waals surface area contributed by atoms with Crippen molar-refractivity contribution in [1.29, 1.82) is 0 Å². The van der Waals surface area contributed by atoms with Gasteiger partial charge in [-0.3, -0.25) is 9.59 Å². The van der Waals surface area contributed by atoms with Gasteiger partial charge in [0.25, 0.3) is 0 Å². The average Bonchev–Trinajstić information content (AvgIpc) is 2.26. The van der Waals surface area contributed by atoms with Crippen LogP contribution in [0.4, 0.5) is 0 Å². The van der Waals surface area contributed by atoms with Gasteiger partial charge in [0, 0.05) is 13.1 Å². The highest BCUT2D eigenvalue weighted by molar-refractivity contribution is 7.90. The van der Waals surface area contributed by atoms with Crippen molar-refractivity contribution in [3.8, 4) is 0 Å². The minimum atomic E-state index is -3.86. The Labute approximate surface area is 100 Å². The molecule has 0 aromatic rings. The molecular formula is C9H17NO6S. The SMILES string of the molecule is CCN(CCC(=O)O)S(=O)(=O)C(C)C(=O)OC. The van der Waals surface area contributed by atoms with E-state index in [1.54, 1.807) is 6.92 Å². The van der Waals surface area contributed by atoms with Crippen molar-refractivity contribution < 1.29 is 27.9 Å². The first kappa shape index (κ1) is 15.9. The molecule has 0 rings (SSSR count). The third-order valence-electron chi connectivity index (χ3n) is 2.27. The summed E-state index contributed by atoms with van der Waals surface area (Å²) in [7, 11) is -2.76. The Morgan fingerprint density at radius 1 is 1.41 bits per heavy atom. The van der Waals surface area contributed by atoms with Gasteiger partial charge in [-0.15, -0.1) is 0 Å². The summed E-state index contributed by atoms with van der Waals surface area (Å²) in [5.74, 6) is -1.96. The first-order valence-corrected chi connectivity index (χ1v) is 6.56. The zero-order valence-electron chi connectivity index (χ0n) is 10.0. The second kappa shape index (κ2) is 6.55. The fraction of sp³-hybridized carbons (Fsp3) is 0.778. The van der Waals surface area contributed by atoms with Crippen molar-refractivity contribution in [2.24, 2.45) is 0 Å².